The number of primary amides is 1. The van der Waals surface area contributed by atoms with E-state index >= 15 is 0 Å². The largest absolute Gasteiger partial charge is 0.352 e. The lowest BCUT2D eigenvalue weighted by Crippen LogP contribution is -2.41. The fraction of sp³-hybridized carbons (Fsp3) is 0.875. The van der Waals surface area contributed by atoms with Crippen LogP contribution in [0.5, 0.6) is 0 Å². The smallest absolute Gasteiger partial charge is 0.312 e. The van der Waals surface area contributed by atoms with Crippen LogP contribution in [0, 0.1) is 0 Å². The summed E-state index contributed by atoms with van der Waals surface area (Å²) < 4.78 is 0. The van der Waals surface area contributed by atoms with Crippen molar-refractivity contribution in [1.82, 2.24) is 5.32 Å². The molecule has 1 aliphatic rings. The Morgan fingerprint density at radius 2 is 2.42 bits per heavy atom. The van der Waals surface area contributed by atoms with Gasteiger partial charge in [0.1, 0.15) is 0 Å². The van der Waals surface area contributed by atoms with Crippen LogP contribution in [0.3, 0.4) is 0 Å². The molecule has 3 nitrogen and oxygen atoms in total. The zero-order valence-electron chi connectivity index (χ0n) is 7.38. The number of nitrogens with one attached hydrogen (secondary N) is 1. The van der Waals surface area contributed by atoms with Gasteiger partial charge in [0.15, 0.2) is 0 Å². The molecule has 1 saturated carbocycles. The second kappa shape index (κ2) is 4.60. The maximum Gasteiger partial charge on any atom is 0.312 e. The molecule has 2 unspecified atom stereocenters. The molecular formula is C8H16N2OS. The molecule has 12 heavy (non-hydrogen) atoms. The molecule has 0 radical (unpaired) electrons. The quantitative estimate of drug-likeness (QED) is 0.702. The van der Waals surface area contributed by atoms with Crippen LogP contribution >= 0.6 is 11.8 Å². The standard InChI is InChI=1S/C8H16N2OS/c1-2-12-7-5-3-4-6(7)10-8(9)11/h6-7H,2-5H2,1H3,(H3,9,10,11). The summed E-state index contributed by atoms with van der Waals surface area (Å²) in [7, 11) is 0. The minimum absolute atomic E-state index is 0.312. The van der Waals surface area contributed by atoms with Crippen molar-refractivity contribution >= 4 is 17.8 Å². The summed E-state index contributed by atoms with van der Waals surface area (Å²) in [6.07, 6.45) is 3.51. The van der Waals surface area contributed by atoms with Gasteiger partial charge in [-0.25, -0.2) is 4.79 Å². The van der Waals surface area contributed by atoms with E-state index in [0.717, 1.165) is 12.2 Å². The first-order chi connectivity index (χ1) is 5.74. The molecule has 0 aliphatic heterocycles. The first kappa shape index (κ1) is 9.71. The zero-order valence-corrected chi connectivity index (χ0v) is 8.19. The lowest BCUT2D eigenvalue weighted by Gasteiger charge is -2.18. The number of carbonyl (C=O) groups is 1. The molecule has 2 atom stereocenters. The van der Waals surface area contributed by atoms with Crippen LogP contribution in [0.25, 0.3) is 0 Å². The lowest BCUT2D eigenvalue weighted by atomic mass is 10.2. The van der Waals surface area contributed by atoms with E-state index in [9.17, 15) is 4.79 Å². The number of nitrogens with two attached hydrogens (primary N) is 1. The Kier molecular flexibility index (Phi) is 3.72. The van der Waals surface area contributed by atoms with Crippen molar-refractivity contribution in [2.24, 2.45) is 5.73 Å². The molecule has 0 aromatic rings. The Morgan fingerprint density at radius 3 is 3.00 bits per heavy atom. The molecule has 3 N–H and O–H groups in total. The van der Waals surface area contributed by atoms with Gasteiger partial charge >= 0.3 is 6.03 Å². The van der Waals surface area contributed by atoms with Crippen LogP contribution in [-0.2, 0) is 0 Å². The molecule has 70 valence electrons. The molecule has 0 spiro atoms. The molecule has 2 amide bonds. The molecule has 1 rings (SSSR count). The zero-order chi connectivity index (χ0) is 8.97. The van der Waals surface area contributed by atoms with Crippen LogP contribution in [0.4, 0.5) is 4.79 Å². The van der Waals surface area contributed by atoms with Crippen molar-refractivity contribution in [3.63, 3.8) is 0 Å². The van der Waals surface area contributed by atoms with Gasteiger partial charge in [-0.15, -0.1) is 0 Å². The number of urea groups is 1. The Balaban J connectivity index is 2.35. The van der Waals surface area contributed by atoms with Crippen molar-refractivity contribution in [1.29, 1.82) is 0 Å². The molecule has 0 aromatic carbocycles. The van der Waals surface area contributed by atoms with Crippen LogP contribution in [0.1, 0.15) is 26.2 Å². The Labute approximate surface area is 77.5 Å². The Bertz CT molecular complexity index is 163. The predicted molar refractivity (Wildman–Crippen MR) is 52.3 cm³/mol. The minimum atomic E-state index is -0.386. The maximum absolute atomic E-state index is 10.6. The Hall–Kier alpha value is -0.380. The fourth-order valence-electron chi connectivity index (χ4n) is 1.69. The third-order valence-corrected chi connectivity index (χ3v) is 3.49. The van der Waals surface area contributed by atoms with Gasteiger partial charge in [-0.1, -0.05) is 13.3 Å². The summed E-state index contributed by atoms with van der Waals surface area (Å²) in [4.78, 5) is 10.6. The van der Waals surface area contributed by atoms with Crippen molar-refractivity contribution < 1.29 is 4.79 Å². The van der Waals surface area contributed by atoms with Gasteiger partial charge in [-0.05, 0) is 18.6 Å². The third-order valence-electron chi connectivity index (χ3n) is 2.16. The van der Waals surface area contributed by atoms with Gasteiger partial charge < -0.3 is 11.1 Å². The molecular weight excluding hydrogens is 172 g/mol. The summed E-state index contributed by atoms with van der Waals surface area (Å²) in [5, 5.41) is 3.38. The first-order valence-corrected chi connectivity index (χ1v) is 5.46. The highest BCUT2D eigenvalue weighted by Crippen LogP contribution is 2.29. The number of thioether (sulfide) groups is 1. The maximum atomic E-state index is 10.6. The summed E-state index contributed by atoms with van der Waals surface area (Å²) in [6, 6.07) is -0.0731. The van der Waals surface area contributed by atoms with Crippen molar-refractivity contribution in [3.05, 3.63) is 0 Å². The normalized spacial score (nSPS) is 28.8. The highest BCUT2D eigenvalue weighted by atomic mass is 32.2. The second-order valence-electron chi connectivity index (χ2n) is 3.04. The second-order valence-corrected chi connectivity index (χ2v) is 4.56. The van der Waals surface area contributed by atoms with Crippen molar-refractivity contribution in [2.75, 3.05) is 5.75 Å². The topological polar surface area (TPSA) is 55.1 Å². The number of hydrogen-bond donors (Lipinski definition) is 2. The van der Waals surface area contributed by atoms with Crippen molar-refractivity contribution in [2.45, 2.75) is 37.5 Å². The van der Waals surface area contributed by atoms with Gasteiger partial charge in [0, 0.05) is 11.3 Å². The van der Waals surface area contributed by atoms with E-state index in [1.165, 1.54) is 12.8 Å². The van der Waals surface area contributed by atoms with Crippen LogP contribution in [0.2, 0.25) is 0 Å². The molecule has 1 fully saturated rings. The molecule has 4 heteroatoms. The SMILES string of the molecule is CCSC1CCCC1NC(N)=O. The molecule has 0 saturated heterocycles. The van der Waals surface area contributed by atoms with Crippen LogP contribution in [0.15, 0.2) is 0 Å². The van der Waals surface area contributed by atoms with E-state index < -0.39 is 0 Å². The fourth-order valence-corrected chi connectivity index (χ4v) is 2.89. The van der Waals surface area contributed by atoms with E-state index in [2.05, 4.69) is 12.2 Å². The molecule has 0 bridgehead atoms. The summed E-state index contributed by atoms with van der Waals surface area (Å²) in [6.45, 7) is 2.14. The minimum Gasteiger partial charge on any atom is -0.352 e. The lowest BCUT2D eigenvalue weighted by molar-refractivity contribution is 0.245. The average Bonchev–Trinajstić information content (AvgIpc) is 2.37. The van der Waals surface area contributed by atoms with Gasteiger partial charge in [-0.2, -0.15) is 11.8 Å². The highest BCUT2D eigenvalue weighted by molar-refractivity contribution is 7.99. The van der Waals surface area contributed by atoms with E-state index in [1.807, 2.05) is 11.8 Å². The number of rotatable bonds is 3. The predicted octanol–water partition coefficient (Wildman–Crippen LogP) is 1.33. The van der Waals surface area contributed by atoms with Crippen molar-refractivity contribution in [3.8, 4) is 0 Å². The molecule has 0 aromatic heterocycles. The number of carbonyl (C=O) groups excluding carboxylic acids is 1. The third kappa shape index (κ3) is 2.59. The summed E-state index contributed by atoms with van der Waals surface area (Å²) in [5.41, 5.74) is 5.07. The van der Waals surface area contributed by atoms with Gasteiger partial charge in [0.05, 0.1) is 0 Å². The van der Waals surface area contributed by atoms with Crippen LogP contribution in [-0.4, -0.2) is 23.1 Å². The van der Waals surface area contributed by atoms with Gasteiger partial charge in [-0.3, -0.25) is 0 Å². The van der Waals surface area contributed by atoms with E-state index in [0.29, 0.717) is 11.3 Å². The summed E-state index contributed by atoms with van der Waals surface area (Å²) >= 11 is 1.92. The highest BCUT2D eigenvalue weighted by Gasteiger charge is 2.27. The first-order valence-electron chi connectivity index (χ1n) is 4.41. The Morgan fingerprint density at radius 1 is 1.67 bits per heavy atom. The molecule has 0 heterocycles. The molecule has 1 aliphatic carbocycles. The van der Waals surface area contributed by atoms with E-state index in [4.69, 9.17) is 5.73 Å². The monoisotopic (exact) mass is 188 g/mol. The average molecular weight is 188 g/mol. The van der Waals surface area contributed by atoms with Gasteiger partial charge in [0.2, 0.25) is 0 Å². The van der Waals surface area contributed by atoms with E-state index in [-0.39, 0.29) is 6.03 Å². The van der Waals surface area contributed by atoms with Crippen LogP contribution < -0.4 is 11.1 Å². The number of hydrogen-bond acceptors (Lipinski definition) is 2. The van der Waals surface area contributed by atoms with Gasteiger partial charge in [0.25, 0.3) is 0 Å². The summed E-state index contributed by atoms with van der Waals surface area (Å²) in [5.74, 6) is 1.11. The number of amides is 2. The van der Waals surface area contributed by atoms with E-state index in [1.54, 1.807) is 0 Å².